The van der Waals surface area contributed by atoms with E-state index in [0.717, 1.165) is 5.56 Å². The summed E-state index contributed by atoms with van der Waals surface area (Å²) in [7, 11) is 0. The fraction of sp³-hybridized carbons (Fsp3) is 0. The van der Waals surface area contributed by atoms with Crippen LogP contribution in [0.1, 0.15) is 11.1 Å². The lowest BCUT2D eigenvalue weighted by Crippen LogP contribution is -1.80. The van der Waals surface area contributed by atoms with Crippen molar-refractivity contribution in [2.24, 2.45) is 0 Å². The molecule has 0 unspecified atom stereocenters. The summed E-state index contributed by atoms with van der Waals surface area (Å²) in [6.07, 6.45) is 11.5. The summed E-state index contributed by atoms with van der Waals surface area (Å²) in [6.45, 7) is 0. The van der Waals surface area contributed by atoms with Crippen LogP contribution in [0.4, 0.5) is 0 Å². The van der Waals surface area contributed by atoms with Crippen molar-refractivity contribution in [1.82, 2.24) is 4.98 Å². The number of hydrogen-bond donors (Lipinski definition) is 0. The Kier molecular flexibility index (Phi) is 1.43. The summed E-state index contributed by atoms with van der Waals surface area (Å²) in [4.78, 5) is 4.03. The summed E-state index contributed by atoms with van der Waals surface area (Å²) < 4.78 is 0. The molecule has 0 aliphatic heterocycles. The minimum atomic E-state index is 1.15. The van der Waals surface area contributed by atoms with Crippen molar-refractivity contribution in [3.63, 3.8) is 0 Å². The van der Waals surface area contributed by atoms with Crippen LogP contribution in [0.15, 0.2) is 36.3 Å². The third-order valence-corrected chi connectivity index (χ3v) is 1.59. The van der Waals surface area contributed by atoms with Gasteiger partial charge in [0.15, 0.2) is 0 Å². The zero-order valence-electron chi connectivity index (χ0n) is 5.99. The molecule has 52 valence electrons. The third-order valence-electron chi connectivity index (χ3n) is 1.59. The number of hydrogen-bond acceptors (Lipinski definition) is 1. The second-order valence-corrected chi connectivity index (χ2v) is 2.34. The zero-order valence-corrected chi connectivity index (χ0v) is 5.99. The zero-order chi connectivity index (χ0) is 7.52. The van der Waals surface area contributed by atoms with Crippen LogP contribution in [0.5, 0.6) is 0 Å². The second kappa shape index (κ2) is 2.57. The Morgan fingerprint density at radius 3 is 3.27 bits per heavy atom. The molecule has 0 N–H and O–H groups in total. The van der Waals surface area contributed by atoms with Crippen molar-refractivity contribution in [2.75, 3.05) is 0 Å². The molecule has 0 saturated carbocycles. The summed E-state index contributed by atoms with van der Waals surface area (Å²) >= 11 is 0. The Hall–Kier alpha value is -1.59. The number of pyridine rings is 1. The molecule has 1 aromatic rings. The standard InChI is InChI=1S/C10H7N/c1-2-4-9-6-7-11-8-10(9)5-3-1/h1,3-8H. The molecule has 0 fully saturated rings. The highest BCUT2D eigenvalue weighted by Gasteiger charge is 1.94. The fourth-order valence-electron chi connectivity index (χ4n) is 1.03. The highest BCUT2D eigenvalue weighted by atomic mass is 14.6. The molecule has 0 aromatic carbocycles. The Labute approximate surface area is 65.4 Å². The van der Waals surface area contributed by atoms with Gasteiger partial charge in [0.1, 0.15) is 0 Å². The third kappa shape index (κ3) is 1.14. The van der Waals surface area contributed by atoms with E-state index in [9.17, 15) is 0 Å². The van der Waals surface area contributed by atoms with Gasteiger partial charge in [-0.1, -0.05) is 12.2 Å². The van der Waals surface area contributed by atoms with E-state index in [0.29, 0.717) is 0 Å². The van der Waals surface area contributed by atoms with E-state index in [4.69, 9.17) is 0 Å². The Bertz CT molecular complexity index is 355. The molecule has 1 aliphatic rings. The topological polar surface area (TPSA) is 12.9 Å². The Balaban J connectivity index is 2.67. The molecule has 2 rings (SSSR count). The average Bonchev–Trinajstić information content (AvgIpc) is 2.28. The van der Waals surface area contributed by atoms with Crippen molar-refractivity contribution in [3.05, 3.63) is 47.5 Å². The molecule has 0 atom stereocenters. The summed E-state index contributed by atoms with van der Waals surface area (Å²) in [5, 5.41) is 0. The Morgan fingerprint density at radius 2 is 2.27 bits per heavy atom. The first-order valence-corrected chi connectivity index (χ1v) is 3.50. The lowest BCUT2D eigenvalue weighted by molar-refractivity contribution is 1.31. The van der Waals surface area contributed by atoms with Crippen molar-refractivity contribution in [2.45, 2.75) is 0 Å². The monoisotopic (exact) mass is 141 g/mol. The van der Waals surface area contributed by atoms with Gasteiger partial charge >= 0.3 is 0 Å². The van der Waals surface area contributed by atoms with Gasteiger partial charge in [-0.25, -0.2) is 0 Å². The van der Waals surface area contributed by atoms with E-state index in [1.807, 2.05) is 36.6 Å². The van der Waals surface area contributed by atoms with Crippen LogP contribution in [-0.2, 0) is 0 Å². The van der Waals surface area contributed by atoms with Gasteiger partial charge in [-0.15, -0.1) is 5.73 Å². The number of allylic oxidation sites excluding steroid dienone is 2. The van der Waals surface area contributed by atoms with Crippen LogP contribution in [0.2, 0.25) is 0 Å². The van der Waals surface area contributed by atoms with Crippen LogP contribution in [0.3, 0.4) is 0 Å². The lowest BCUT2D eigenvalue weighted by atomic mass is 10.1. The van der Waals surface area contributed by atoms with Gasteiger partial charge in [0.05, 0.1) is 0 Å². The predicted molar refractivity (Wildman–Crippen MR) is 45.8 cm³/mol. The maximum absolute atomic E-state index is 4.03. The highest BCUT2D eigenvalue weighted by molar-refractivity contribution is 5.66. The summed E-state index contributed by atoms with van der Waals surface area (Å²) in [5.41, 5.74) is 5.36. The van der Waals surface area contributed by atoms with Crippen LogP contribution in [0, 0.1) is 0 Å². The molecule has 0 spiro atoms. The fourth-order valence-corrected chi connectivity index (χ4v) is 1.03. The van der Waals surface area contributed by atoms with E-state index in [2.05, 4.69) is 10.7 Å². The SMILES string of the molecule is C1=CC=Cc2cnccc2C=1. The lowest BCUT2D eigenvalue weighted by Gasteiger charge is -1.95. The van der Waals surface area contributed by atoms with E-state index in [-0.39, 0.29) is 0 Å². The quantitative estimate of drug-likeness (QED) is 0.505. The molecule has 1 nitrogen and oxygen atoms in total. The molecule has 1 heterocycles. The molecular weight excluding hydrogens is 134 g/mol. The van der Waals surface area contributed by atoms with Gasteiger partial charge in [0, 0.05) is 18.0 Å². The first kappa shape index (κ1) is 6.14. The van der Waals surface area contributed by atoms with Crippen LogP contribution >= 0.6 is 0 Å². The van der Waals surface area contributed by atoms with E-state index in [1.54, 1.807) is 6.20 Å². The van der Waals surface area contributed by atoms with Gasteiger partial charge in [-0.05, 0) is 23.8 Å². The first-order valence-electron chi connectivity index (χ1n) is 3.50. The molecule has 1 aliphatic carbocycles. The van der Waals surface area contributed by atoms with Crippen LogP contribution in [0.25, 0.3) is 12.2 Å². The Morgan fingerprint density at radius 1 is 1.27 bits per heavy atom. The smallest absolute Gasteiger partial charge is 0.0346 e. The van der Waals surface area contributed by atoms with Gasteiger partial charge in [0.2, 0.25) is 0 Å². The molecule has 1 aromatic heterocycles. The number of aromatic nitrogens is 1. The highest BCUT2D eigenvalue weighted by Crippen LogP contribution is 2.12. The molecular formula is C10H7N. The summed E-state index contributed by atoms with van der Waals surface area (Å²) in [5.74, 6) is 0. The number of nitrogens with zero attached hydrogens (tertiary/aromatic N) is 1. The maximum atomic E-state index is 4.03. The van der Waals surface area contributed by atoms with E-state index in [1.165, 1.54) is 5.56 Å². The van der Waals surface area contributed by atoms with E-state index < -0.39 is 0 Å². The molecule has 0 bridgehead atoms. The van der Waals surface area contributed by atoms with Gasteiger partial charge in [-0.2, -0.15) is 0 Å². The number of fused-ring (bicyclic) bond motifs is 1. The van der Waals surface area contributed by atoms with Gasteiger partial charge in [0.25, 0.3) is 0 Å². The van der Waals surface area contributed by atoms with Crippen molar-refractivity contribution >= 4 is 12.2 Å². The normalized spacial score (nSPS) is 12.7. The maximum Gasteiger partial charge on any atom is 0.0346 e. The van der Waals surface area contributed by atoms with Gasteiger partial charge in [-0.3, -0.25) is 4.98 Å². The van der Waals surface area contributed by atoms with E-state index >= 15 is 0 Å². The first-order chi connectivity index (χ1) is 5.47. The average molecular weight is 141 g/mol. The summed E-state index contributed by atoms with van der Waals surface area (Å²) in [6, 6.07) is 1.98. The minimum absolute atomic E-state index is 1.15. The molecule has 0 amide bonds. The molecule has 0 radical (unpaired) electrons. The minimum Gasteiger partial charge on any atom is -0.264 e. The largest absolute Gasteiger partial charge is 0.264 e. The second-order valence-electron chi connectivity index (χ2n) is 2.34. The molecule has 1 heteroatoms. The molecule has 0 saturated heterocycles. The van der Waals surface area contributed by atoms with Crippen LogP contribution < -0.4 is 0 Å². The van der Waals surface area contributed by atoms with Crippen LogP contribution in [-0.4, -0.2) is 4.98 Å². The van der Waals surface area contributed by atoms with Crippen molar-refractivity contribution in [1.29, 1.82) is 0 Å². The molecule has 11 heavy (non-hydrogen) atoms. The predicted octanol–water partition coefficient (Wildman–Crippen LogP) is 2.28. The number of rotatable bonds is 0. The van der Waals surface area contributed by atoms with Gasteiger partial charge < -0.3 is 0 Å². The van der Waals surface area contributed by atoms with Crippen molar-refractivity contribution in [3.8, 4) is 0 Å². The van der Waals surface area contributed by atoms with Crippen molar-refractivity contribution < 1.29 is 0 Å².